The number of nitrogens with one attached hydrogen (secondary N) is 1. The summed E-state index contributed by atoms with van der Waals surface area (Å²) in [6.45, 7) is 8.02. The summed E-state index contributed by atoms with van der Waals surface area (Å²) < 4.78 is 20.0. The van der Waals surface area contributed by atoms with Crippen molar-refractivity contribution < 1.29 is 4.39 Å². The summed E-state index contributed by atoms with van der Waals surface area (Å²) in [4.78, 5) is 0. The maximum absolute atomic E-state index is 15.6. The van der Waals surface area contributed by atoms with Crippen molar-refractivity contribution in [1.29, 1.82) is 0 Å². The molecule has 4 aromatic rings. The van der Waals surface area contributed by atoms with Crippen LogP contribution in [0.2, 0.25) is 0 Å². The lowest BCUT2D eigenvalue weighted by molar-refractivity contribution is 0.532. The van der Waals surface area contributed by atoms with Crippen molar-refractivity contribution in [2.24, 2.45) is 0 Å². The van der Waals surface area contributed by atoms with Crippen LogP contribution in [-0.4, -0.2) is 19.3 Å². The Morgan fingerprint density at radius 1 is 1.13 bits per heavy atom. The van der Waals surface area contributed by atoms with Crippen LogP contribution in [0.3, 0.4) is 0 Å². The van der Waals surface area contributed by atoms with Crippen LogP contribution >= 0.6 is 0 Å². The maximum Gasteiger partial charge on any atom is 0.162 e. The third-order valence-corrected chi connectivity index (χ3v) is 6.52. The van der Waals surface area contributed by atoms with E-state index in [0.717, 1.165) is 39.5 Å². The van der Waals surface area contributed by atoms with Crippen LogP contribution in [0.15, 0.2) is 36.5 Å². The van der Waals surface area contributed by atoms with E-state index in [1.165, 1.54) is 18.4 Å². The molecule has 2 aliphatic rings. The Bertz CT molecular complexity index is 1340. The second kappa shape index (κ2) is 5.72. The van der Waals surface area contributed by atoms with E-state index in [2.05, 4.69) is 43.0 Å². The van der Waals surface area contributed by atoms with E-state index in [1.54, 1.807) is 6.07 Å². The van der Waals surface area contributed by atoms with E-state index in [-0.39, 0.29) is 5.82 Å². The summed E-state index contributed by atoms with van der Waals surface area (Å²) in [7, 11) is 0. The number of benzene rings is 2. The minimum atomic E-state index is -0.434. The number of aryl methyl sites for hydroxylation is 1. The first kappa shape index (κ1) is 17.7. The minimum Gasteiger partial charge on any atom is -0.371 e. The van der Waals surface area contributed by atoms with E-state index < -0.39 is 5.54 Å². The zero-order chi connectivity index (χ0) is 20.8. The van der Waals surface area contributed by atoms with Crippen molar-refractivity contribution in [2.45, 2.75) is 52.1 Å². The van der Waals surface area contributed by atoms with E-state index >= 15 is 4.39 Å². The molecule has 0 bridgehead atoms. The zero-order valence-electron chi connectivity index (χ0n) is 17.6. The molecule has 1 aliphatic heterocycles. The second-order valence-electron chi connectivity index (χ2n) is 9.10. The topological polar surface area (TPSA) is 47.7 Å². The summed E-state index contributed by atoms with van der Waals surface area (Å²) in [5.41, 5.74) is 4.92. The van der Waals surface area contributed by atoms with Gasteiger partial charge in [-0.1, -0.05) is 12.1 Å². The summed E-state index contributed by atoms with van der Waals surface area (Å²) in [5, 5.41) is 13.3. The minimum absolute atomic E-state index is 0.213. The van der Waals surface area contributed by atoms with Gasteiger partial charge < -0.3 is 9.88 Å². The van der Waals surface area contributed by atoms with Crippen LogP contribution in [0.25, 0.3) is 27.7 Å². The van der Waals surface area contributed by atoms with Gasteiger partial charge in [0.25, 0.3) is 0 Å². The molecule has 1 fully saturated rings. The van der Waals surface area contributed by atoms with Crippen molar-refractivity contribution in [1.82, 2.24) is 19.3 Å². The van der Waals surface area contributed by atoms with Crippen molar-refractivity contribution in [3.8, 4) is 16.8 Å². The first-order valence-corrected chi connectivity index (χ1v) is 10.5. The second-order valence-corrected chi connectivity index (χ2v) is 9.10. The number of halogens is 1. The molecule has 3 heterocycles. The highest BCUT2D eigenvalue weighted by Gasteiger charge is 2.36. The number of aromatic nitrogens is 4. The van der Waals surface area contributed by atoms with Gasteiger partial charge in [0, 0.05) is 28.7 Å². The van der Waals surface area contributed by atoms with Gasteiger partial charge >= 0.3 is 0 Å². The predicted molar refractivity (Wildman–Crippen MR) is 117 cm³/mol. The molecule has 6 rings (SSSR count). The fraction of sp³-hybridized carbons (Fsp3) is 0.333. The predicted octanol–water partition coefficient (Wildman–Crippen LogP) is 5.64. The Hall–Kier alpha value is -3.15. The fourth-order valence-corrected chi connectivity index (χ4v) is 4.99. The highest BCUT2D eigenvalue weighted by Crippen LogP contribution is 2.45. The molecule has 5 nitrogen and oxygen atoms in total. The van der Waals surface area contributed by atoms with Gasteiger partial charge in [0.2, 0.25) is 0 Å². The lowest BCUT2D eigenvalue weighted by atomic mass is 9.92. The normalized spacial score (nSPS) is 17.0. The smallest absolute Gasteiger partial charge is 0.162 e. The van der Waals surface area contributed by atoms with Crippen molar-refractivity contribution in [2.75, 3.05) is 5.32 Å². The van der Waals surface area contributed by atoms with Crippen LogP contribution in [0, 0.1) is 19.7 Å². The number of rotatable bonds is 2. The van der Waals surface area contributed by atoms with Gasteiger partial charge in [-0.15, -0.1) is 10.2 Å². The molecule has 0 saturated heterocycles. The summed E-state index contributed by atoms with van der Waals surface area (Å²) in [5.74, 6) is 1.43. The summed E-state index contributed by atoms with van der Waals surface area (Å²) in [6.07, 6.45) is 4.58. The largest absolute Gasteiger partial charge is 0.371 e. The summed E-state index contributed by atoms with van der Waals surface area (Å²) in [6, 6.07) is 10.5. The fourth-order valence-electron chi connectivity index (χ4n) is 4.99. The molecule has 0 unspecified atom stereocenters. The van der Waals surface area contributed by atoms with Crippen molar-refractivity contribution >= 4 is 16.6 Å². The number of hydrogen-bond donors (Lipinski definition) is 1. The first-order chi connectivity index (χ1) is 14.4. The lowest BCUT2D eigenvalue weighted by Crippen LogP contribution is -2.36. The molecule has 1 N–H and O–H groups in total. The summed E-state index contributed by atoms with van der Waals surface area (Å²) >= 11 is 0. The average molecular weight is 401 g/mol. The molecule has 2 aromatic heterocycles. The van der Waals surface area contributed by atoms with Crippen LogP contribution < -0.4 is 5.32 Å². The van der Waals surface area contributed by atoms with Crippen LogP contribution in [-0.2, 0) is 5.54 Å². The van der Waals surface area contributed by atoms with E-state index in [1.807, 2.05) is 39.8 Å². The Morgan fingerprint density at radius 2 is 1.93 bits per heavy atom. The van der Waals surface area contributed by atoms with Crippen molar-refractivity contribution in [3.05, 3.63) is 59.6 Å². The molecule has 1 aliphatic carbocycles. The Kier molecular flexibility index (Phi) is 3.37. The molecule has 0 radical (unpaired) electrons. The van der Waals surface area contributed by atoms with Crippen LogP contribution in [0.1, 0.15) is 49.9 Å². The lowest BCUT2D eigenvalue weighted by Gasteiger charge is -2.35. The van der Waals surface area contributed by atoms with Crippen LogP contribution in [0.5, 0.6) is 0 Å². The third kappa shape index (κ3) is 2.27. The van der Waals surface area contributed by atoms with Gasteiger partial charge in [0.1, 0.15) is 11.6 Å². The molecule has 6 heteroatoms. The van der Waals surface area contributed by atoms with Gasteiger partial charge in [0.15, 0.2) is 5.82 Å². The van der Waals surface area contributed by atoms with Gasteiger partial charge in [-0.3, -0.25) is 4.57 Å². The molecular formula is C24H24FN5. The van der Waals surface area contributed by atoms with Gasteiger partial charge in [0.05, 0.1) is 16.9 Å². The monoisotopic (exact) mass is 401 g/mol. The number of nitrogens with zero attached hydrogens (tertiary/aromatic N) is 4. The Balaban J connectivity index is 1.64. The standard InChI is InChI=1S/C24H24FN5/c1-13-21(17-6-5-7-20-16(17)10-11-29(20)15-8-9-15)18(25)12-19-22(13)30-14(2)27-28-23(30)24(3,4)26-19/h5-7,10-12,15,26H,8-9H2,1-4H3. The molecule has 2 aromatic carbocycles. The molecular weight excluding hydrogens is 377 g/mol. The SMILES string of the molecule is Cc1c(-c2cccc3c2ccn3C2CC2)c(F)cc2c1-n1c(C)nnc1C(C)(C)N2. The third-order valence-electron chi connectivity index (χ3n) is 6.52. The number of fused-ring (bicyclic) bond motifs is 4. The quantitative estimate of drug-likeness (QED) is 0.473. The number of hydrogen-bond acceptors (Lipinski definition) is 3. The highest BCUT2D eigenvalue weighted by molar-refractivity contribution is 5.98. The van der Waals surface area contributed by atoms with E-state index in [9.17, 15) is 0 Å². The maximum atomic E-state index is 15.6. The molecule has 152 valence electrons. The zero-order valence-corrected chi connectivity index (χ0v) is 17.6. The molecule has 0 atom stereocenters. The van der Waals surface area contributed by atoms with Crippen molar-refractivity contribution in [3.63, 3.8) is 0 Å². The number of anilines is 1. The molecule has 0 amide bonds. The Labute approximate surface area is 174 Å². The Morgan fingerprint density at radius 3 is 2.70 bits per heavy atom. The molecule has 1 saturated carbocycles. The van der Waals surface area contributed by atoms with Gasteiger partial charge in [-0.25, -0.2) is 4.39 Å². The first-order valence-electron chi connectivity index (χ1n) is 10.5. The van der Waals surface area contributed by atoms with E-state index in [4.69, 9.17) is 0 Å². The van der Waals surface area contributed by atoms with Crippen LogP contribution in [0.4, 0.5) is 10.1 Å². The van der Waals surface area contributed by atoms with E-state index in [0.29, 0.717) is 11.6 Å². The molecule has 30 heavy (non-hydrogen) atoms. The van der Waals surface area contributed by atoms with Gasteiger partial charge in [-0.05, 0) is 69.9 Å². The average Bonchev–Trinajstić information content (AvgIpc) is 3.31. The highest BCUT2D eigenvalue weighted by atomic mass is 19.1. The molecule has 0 spiro atoms. The van der Waals surface area contributed by atoms with Gasteiger partial charge in [-0.2, -0.15) is 0 Å².